The Morgan fingerprint density at radius 2 is 2.29 bits per heavy atom. The Bertz CT molecular complexity index is 689. The van der Waals surface area contributed by atoms with Crippen LogP contribution in [0.3, 0.4) is 0 Å². The number of carbonyl (C=O) groups is 1. The smallest absolute Gasteiger partial charge is 0.253 e. The minimum Gasteiger partial charge on any atom is -0.376 e. The van der Waals surface area contributed by atoms with Gasteiger partial charge in [-0.2, -0.15) is 0 Å². The molecule has 2 aromatic rings. The van der Waals surface area contributed by atoms with Crippen molar-refractivity contribution >= 4 is 22.5 Å². The number of ether oxygens (including phenoxy) is 2. The lowest BCUT2D eigenvalue weighted by Gasteiger charge is -2.23. The molecule has 1 aromatic carbocycles. The third-order valence-corrected chi connectivity index (χ3v) is 4.55. The van der Waals surface area contributed by atoms with Gasteiger partial charge in [0.15, 0.2) is 0 Å². The van der Waals surface area contributed by atoms with E-state index in [4.69, 9.17) is 9.47 Å². The first kappa shape index (κ1) is 17.0. The lowest BCUT2D eigenvalue weighted by atomic mass is 10.1. The van der Waals surface area contributed by atoms with Crippen LogP contribution in [-0.4, -0.2) is 35.9 Å². The predicted octanol–water partition coefficient (Wildman–Crippen LogP) is 3.57. The summed E-state index contributed by atoms with van der Waals surface area (Å²) >= 11 is 0. The maximum absolute atomic E-state index is 12.3. The molecule has 0 spiro atoms. The summed E-state index contributed by atoms with van der Waals surface area (Å²) in [5, 5.41) is 4.06. The Hall–Kier alpha value is -1.85. The van der Waals surface area contributed by atoms with Gasteiger partial charge in [-0.3, -0.25) is 4.79 Å². The molecule has 0 radical (unpaired) electrons. The molecule has 2 heterocycles. The average Bonchev–Trinajstić information content (AvgIpc) is 3.02. The van der Waals surface area contributed by atoms with Gasteiger partial charge in [-0.05, 0) is 57.4 Å². The van der Waals surface area contributed by atoms with Crippen LogP contribution in [0, 0.1) is 0 Å². The molecule has 130 valence electrons. The van der Waals surface area contributed by atoms with Crippen molar-refractivity contribution in [3.8, 4) is 0 Å². The topological polar surface area (TPSA) is 52.5 Å². The number of hydrogen-bond acceptors (Lipinski definition) is 3. The van der Waals surface area contributed by atoms with Gasteiger partial charge in [0.2, 0.25) is 0 Å². The number of benzene rings is 1. The van der Waals surface area contributed by atoms with Crippen LogP contribution in [0.1, 0.15) is 33.1 Å². The van der Waals surface area contributed by atoms with Crippen molar-refractivity contribution in [2.24, 2.45) is 0 Å². The summed E-state index contributed by atoms with van der Waals surface area (Å²) in [5.74, 6) is -0.125. The van der Waals surface area contributed by atoms with E-state index in [1.54, 1.807) is 6.92 Å². The molecule has 1 aliphatic heterocycles. The molecule has 0 aliphatic carbocycles. The van der Waals surface area contributed by atoms with Gasteiger partial charge >= 0.3 is 0 Å². The number of rotatable bonds is 6. The van der Waals surface area contributed by atoms with Crippen LogP contribution >= 0.6 is 0 Å². The summed E-state index contributed by atoms with van der Waals surface area (Å²) in [6.45, 7) is 6.11. The van der Waals surface area contributed by atoms with E-state index in [1.165, 1.54) is 11.9 Å². The van der Waals surface area contributed by atoms with Crippen molar-refractivity contribution in [1.29, 1.82) is 0 Å². The van der Waals surface area contributed by atoms with E-state index in [-0.39, 0.29) is 12.0 Å². The summed E-state index contributed by atoms with van der Waals surface area (Å²) in [4.78, 5) is 12.3. The molecule has 1 aromatic heterocycles. The maximum Gasteiger partial charge on any atom is 0.253 e. The lowest BCUT2D eigenvalue weighted by molar-refractivity contribution is -0.130. The minimum atomic E-state index is -0.494. The molecular weight excluding hydrogens is 304 g/mol. The first-order valence-corrected chi connectivity index (χ1v) is 8.80. The zero-order chi connectivity index (χ0) is 16.9. The van der Waals surface area contributed by atoms with Gasteiger partial charge in [0.05, 0.1) is 12.7 Å². The molecule has 1 amide bonds. The highest BCUT2D eigenvalue weighted by Crippen LogP contribution is 2.21. The van der Waals surface area contributed by atoms with Crippen LogP contribution in [0.4, 0.5) is 5.69 Å². The zero-order valence-electron chi connectivity index (χ0n) is 14.5. The van der Waals surface area contributed by atoms with Crippen LogP contribution in [0.25, 0.3) is 10.9 Å². The number of nitrogens with one attached hydrogen (secondary N) is 1. The second-order valence-corrected chi connectivity index (χ2v) is 6.33. The van der Waals surface area contributed by atoms with Gasteiger partial charge in [-0.1, -0.05) is 0 Å². The highest BCUT2D eigenvalue weighted by atomic mass is 16.5. The van der Waals surface area contributed by atoms with Crippen molar-refractivity contribution in [1.82, 2.24) is 4.57 Å². The number of fused-ring (bicyclic) bond motifs is 1. The third kappa shape index (κ3) is 3.97. The first-order valence-electron chi connectivity index (χ1n) is 8.80. The summed E-state index contributed by atoms with van der Waals surface area (Å²) in [5.41, 5.74) is 1.97. The quantitative estimate of drug-likeness (QED) is 0.881. The second kappa shape index (κ2) is 7.81. The molecule has 24 heavy (non-hydrogen) atoms. The average molecular weight is 330 g/mol. The number of anilines is 1. The molecular formula is C19H26N2O3. The molecule has 0 bridgehead atoms. The normalized spacial score (nSPS) is 19.3. The molecule has 0 saturated carbocycles. The SMILES string of the molecule is CCn1ccc2cc(NC(=O)[C@@H](C)OC[C@@H]3CCCCO3)ccc21. The Labute approximate surface area is 142 Å². The van der Waals surface area contributed by atoms with E-state index in [0.717, 1.165) is 37.1 Å². The molecule has 3 rings (SSSR count). The van der Waals surface area contributed by atoms with Gasteiger partial charge < -0.3 is 19.4 Å². The fourth-order valence-corrected chi connectivity index (χ4v) is 3.06. The molecule has 1 fully saturated rings. The van der Waals surface area contributed by atoms with Crippen molar-refractivity contribution in [2.45, 2.75) is 51.9 Å². The first-order chi connectivity index (χ1) is 11.7. The van der Waals surface area contributed by atoms with Crippen molar-refractivity contribution in [3.05, 3.63) is 30.5 Å². The molecule has 5 nitrogen and oxygen atoms in total. The Morgan fingerprint density at radius 1 is 1.42 bits per heavy atom. The molecule has 1 saturated heterocycles. The van der Waals surface area contributed by atoms with E-state index in [1.807, 2.05) is 18.2 Å². The monoisotopic (exact) mass is 330 g/mol. The number of aryl methyl sites for hydroxylation is 1. The van der Waals surface area contributed by atoms with Gasteiger partial charge in [-0.15, -0.1) is 0 Å². The molecule has 5 heteroatoms. The van der Waals surface area contributed by atoms with Gasteiger partial charge in [0.25, 0.3) is 5.91 Å². The predicted molar refractivity (Wildman–Crippen MR) is 95.2 cm³/mol. The molecule has 2 atom stereocenters. The third-order valence-electron chi connectivity index (χ3n) is 4.55. The van der Waals surface area contributed by atoms with Crippen molar-refractivity contribution in [2.75, 3.05) is 18.5 Å². The Morgan fingerprint density at radius 3 is 3.04 bits per heavy atom. The fourth-order valence-electron chi connectivity index (χ4n) is 3.06. The van der Waals surface area contributed by atoms with Crippen LogP contribution in [0.15, 0.2) is 30.5 Å². The van der Waals surface area contributed by atoms with Crippen LogP contribution < -0.4 is 5.32 Å². The second-order valence-electron chi connectivity index (χ2n) is 6.33. The Balaban J connectivity index is 1.55. The van der Waals surface area contributed by atoms with E-state index in [9.17, 15) is 4.79 Å². The maximum atomic E-state index is 12.3. The largest absolute Gasteiger partial charge is 0.376 e. The summed E-state index contributed by atoms with van der Waals surface area (Å²) in [6, 6.07) is 8.03. The molecule has 1 aliphatic rings. The summed E-state index contributed by atoms with van der Waals surface area (Å²) in [6.07, 6.45) is 5.00. The van der Waals surface area contributed by atoms with Crippen molar-refractivity contribution < 1.29 is 14.3 Å². The van der Waals surface area contributed by atoms with Crippen LogP contribution in [0.5, 0.6) is 0 Å². The standard InChI is InChI=1S/C19H26N2O3/c1-3-21-10-9-15-12-16(7-8-18(15)21)20-19(22)14(2)24-13-17-6-4-5-11-23-17/h7-10,12,14,17H,3-6,11,13H2,1-2H3,(H,20,22)/t14-,17+/m1/s1. The van der Waals surface area contributed by atoms with E-state index in [0.29, 0.717) is 6.61 Å². The number of carbonyl (C=O) groups excluding carboxylic acids is 1. The van der Waals surface area contributed by atoms with Crippen LogP contribution in [0.2, 0.25) is 0 Å². The molecule has 0 unspecified atom stereocenters. The van der Waals surface area contributed by atoms with E-state index < -0.39 is 6.10 Å². The summed E-state index contributed by atoms with van der Waals surface area (Å²) < 4.78 is 13.5. The number of amides is 1. The zero-order valence-corrected chi connectivity index (χ0v) is 14.5. The fraction of sp³-hybridized carbons (Fsp3) is 0.526. The summed E-state index contributed by atoms with van der Waals surface area (Å²) in [7, 11) is 0. The minimum absolute atomic E-state index is 0.124. The Kier molecular flexibility index (Phi) is 5.53. The van der Waals surface area contributed by atoms with Gasteiger partial charge in [-0.25, -0.2) is 0 Å². The highest BCUT2D eigenvalue weighted by molar-refractivity contribution is 5.96. The number of nitrogens with zero attached hydrogens (tertiary/aromatic N) is 1. The van der Waals surface area contributed by atoms with E-state index >= 15 is 0 Å². The number of aromatic nitrogens is 1. The molecule has 1 N–H and O–H groups in total. The number of hydrogen-bond donors (Lipinski definition) is 1. The van der Waals surface area contributed by atoms with E-state index in [2.05, 4.69) is 29.1 Å². The van der Waals surface area contributed by atoms with Gasteiger partial charge in [0, 0.05) is 35.9 Å². The van der Waals surface area contributed by atoms with Crippen molar-refractivity contribution in [3.63, 3.8) is 0 Å². The van der Waals surface area contributed by atoms with Gasteiger partial charge in [0.1, 0.15) is 6.10 Å². The lowest BCUT2D eigenvalue weighted by Crippen LogP contribution is -2.32. The highest BCUT2D eigenvalue weighted by Gasteiger charge is 2.19. The van der Waals surface area contributed by atoms with Crippen LogP contribution in [-0.2, 0) is 20.8 Å².